The van der Waals surface area contributed by atoms with E-state index in [2.05, 4.69) is 15.0 Å². The van der Waals surface area contributed by atoms with E-state index in [9.17, 15) is 4.79 Å². The van der Waals surface area contributed by atoms with Crippen LogP contribution in [0.3, 0.4) is 0 Å². The van der Waals surface area contributed by atoms with Gasteiger partial charge in [0.15, 0.2) is 5.69 Å². The molecule has 2 aromatic heterocycles. The van der Waals surface area contributed by atoms with Crippen LogP contribution in [0.4, 0.5) is 0 Å². The minimum atomic E-state index is -0.495. The van der Waals surface area contributed by atoms with Crippen molar-refractivity contribution in [2.45, 2.75) is 17.2 Å². The van der Waals surface area contributed by atoms with Crippen LogP contribution in [0.15, 0.2) is 39.5 Å². The van der Waals surface area contributed by atoms with Crippen molar-refractivity contribution in [2.75, 3.05) is 6.61 Å². The molecule has 6 nitrogen and oxygen atoms in total. The zero-order valence-electron chi connectivity index (χ0n) is 8.99. The van der Waals surface area contributed by atoms with Crippen molar-refractivity contribution in [1.82, 2.24) is 15.0 Å². The van der Waals surface area contributed by atoms with E-state index in [-0.39, 0.29) is 5.69 Å². The van der Waals surface area contributed by atoms with Gasteiger partial charge < -0.3 is 9.15 Å². The monoisotopic (exact) mass is 251 g/mol. The average molecular weight is 251 g/mol. The molecule has 0 atom stereocenters. The summed E-state index contributed by atoms with van der Waals surface area (Å²) in [7, 11) is 0. The number of esters is 1. The molecule has 0 aromatic carbocycles. The standard InChI is InChI=1S/C10H9N3O3S/c1-2-15-9(14)7-5-16-10(13-7)17-8-3-4-11-6-12-8/h3-6H,2H2,1H3. The van der Waals surface area contributed by atoms with Gasteiger partial charge in [0.25, 0.3) is 5.22 Å². The van der Waals surface area contributed by atoms with Crippen molar-refractivity contribution < 1.29 is 13.9 Å². The number of carbonyl (C=O) groups excluding carboxylic acids is 1. The second-order valence-corrected chi connectivity index (χ2v) is 3.84. The Labute approximate surface area is 101 Å². The summed E-state index contributed by atoms with van der Waals surface area (Å²) in [5, 5.41) is 1.03. The maximum absolute atomic E-state index is 11.3. The van der Waals surface area contributed by atoms with Gasteiger partial charge in [-0.3, -0.25) is 0 Å². The van der Waals surface area contributed by atoms with Gasteiger partial charge in [0.05, 0.1) is 6.61 Å². The predicted molar refractivity (Wildman–Crippen MR) is 58.6 cm³/mol. The third kappa shape index (κ3) is 3.04. The van der Waals surface area contributed by atoms with Crippen LogP contribution in [0, 0.1) is 0 Å². The molecule has 0 saturated carbocycles. The zero-order chi connectivity index (χ0) is 12.1. The van der Waals surface area contributed by atoms with E-state index in [4.69, 9.17) is 9.15 Å². The summed E-state index contributed by atoms with van der Waals surface area (Å²) in [4.78, 5) is 23.1. The molecule has 0 aliphatic rings. The Balaban J connectivity index is 2.06. The Morgan fingerprint density at radius 3 is 3.18 bits per heavy atom. The molecule has 0 bridgehead atoms. The highest BCUT2D eigenvalue weighted by Gasteiger charge is 2.14. The summed E-state index contributed by atoms with van der Waals surface area (Å²) in [6, 6.07) is 1.72. The Morgan fingerprint density at radius 1 is 1.59 bits per heavy atom. The van der Waals surface area contributed by atoms with Crippen LogP contribution in [-0.2, 0) is 4.74 Å². The number of ether oxygens (including phenoxy) is 1. The molecule has 17 heavy (non-hydrogen) atoms. The molecule has 2 rings (SSSR count). The van der Waals surface area contributed by atoms with Crippen molar-refractivity contribution in [3.63, 3.8) is 0 Å². The van der Waals surface area contributed by atoms with Gasteiger partial charge in [-0.1, -0.05) is 0 Å². The SMILES string of the molecule is CCOC(=O)c1coc(Sc2ccncn2)n1. The molecule has 0 fully saturated rings. The predicted octanol–water partition coefficient (Wildman–Crippen LogP) is 1.79. The molecule has 88 valence electrons. The first-order valence-corrected chi connectivity index (χ1v) is 5.67. The summed E-state index contributed by atoms with van der Waals surface area (Å²) >= 11 is 1.21. The van der Waals surface area contributed by atoms with Crippen LogP contribution in [0.1, 0.15) is 17.4 Å². The molecular weight excluding hydrogens is 242 g/mol. The number of oxazole rings is 1. The molecule has 0 saturated heterocycles. The number of carbonyl (C=O) groups is 1. The molecule has 0 amide bonds. The lowest BCUT2D eigenvalue weighted by Crippen LogP contribution is -2.04. The highest BCUT2D eigenvalue weighted by atomic mass is 32.2. The minimum Gasteiger partial charge on any atom is -0.461 e. The van der Waals surface area contributed by atoms with Gasteiger partial charge in [0.1, 0.15) is 17.6 Å². The summed E-state index contributed by atoms with van der Waals surface area (Å²) in [5.41, 5.74) is 0.156. The smallest absolute Gasteiger partial charge is 0.360 e. The van der Waals surface area contributed by atoms with Crippen molar-refractivity contribution >= 4 is 17.7 Å². The molecule has 0 spiro atoms. The fourth-order valence-electron chi connectivity index (χ4n) is 1.03. The first kappa shape index (κ1) is 11.6. The summed E-state index contributed by atoms with van der Waals surface area (Å²) in [5.74, 6) is -0.495. The first-order chi connectivity index (χ1) is 8.29. The lowest BCUT2D eigenvalue weighted by atomic mass is 10.5. The highest BCUT2D eigenvalue weighted by Crippen LogP contribution is 2.24. The van der Waals surface area contributed by atoms with Crippen LogP contribution in [0.2, 0.25) is 0 Å². The maximum Gasteiger partial charge on any atom is 0.360 e. The van der Waals surface area contributed by atoms with Gasteiger partial charge in [-0.05, 0) is 24.8 Å². The maximum atomic E-state index is 11.3. The number of nitrogens with zero attached hydrogens (tertiary/aromatic N) is 3. The third-order valence-corrected chi connectivity index (χ3v) is 2.53. The lowest BCUT2D eigenvalue weighted by Gasteiger charge is -1.95. The van der Waals surface area contributed by atoms with Crippen LogP contribution in [0.25, 0.3) is 0 Å². The summed E-state index contributed by atoms with van der Waals surface area (Å²) in [6.07, 6.45) is 4.31. The van der Waals surface area contributed by atoms with E-state index >= 15 is 0 Å². The van der Waals surface area contributed by atoms with Crippen LogP contribution in [-0.4, -0.2) is 27.5 Å². The van der Waals surface area contributed by atoms with Crippen LogP contribution >= 0.6 is 11.8 Å². The van der Waals surface area contributed by atoms with Crippen molar-refractivity contribution in [2.24, 2.45) is 0 Å². The number of rotatable bonds is 4. The third-order valence-electron chi connectivity index (χ3n) is 1.71. The molecule has 0 aliphatic heterocycles. The molecule has 2 aromatic rings. The fraction of sp³-hybridized carbons (Fsp3) is 0.200. The second-order valence-electron chi connectivity index (χ2n) is 2.87. The largest absolute Gasteiger partial charge is 0.461 e. The van der Waals surface area contributed by atoms with Gasteiger partial charge >= 0.3 is 5.97 Å². The lowest BCUT2D eigenvalue weighted by molar-refractivity contribution is 0.0519. The van der Waals surface area contributed by atoms with Crippen LogP contribution < -0.4 is 0 Å². The average Bonchev–Trinajstić information content (AvgIpc) is 2.79. The molecule has 0 N–H and O–H groups in total. The molecule has 2 heterocycles. The van der Waals surface area contributed by atoms with E-state index in [1.165, 1.54) is 24.4 Å². The fourth-order valence-corrected chi connectivity index (χ4v) is 1.68. The van der Waals surface area contributed by atoms with Gasteiger partial charge in [-0.25, -0.2) is 14.8 Å². The first-order valence-electron chi connectivity index (χ1n) is 4.86. The summed E-state index contributed by atoms with van der Waals surface area (Å²) in [6.45, 7) is 2.04. The Morgan fingerprint density at radius 2 is 2.47 bits per heavy atom. The Bertz CT molecular complexity index is 501. The number of hydrogen-bond acceptors (Lipinski definition) is 7. The van der Waals surface area contributed by atoms with E-state index in [1.807, 2.05) is 0 Å². The molecule has 7 heteroatoms. The van der Waals surface area contributed by atoms with Crippen LogP contribution in [0.5, 0.6) is 0 Å². The zero-order valence-corrected chi connectivity index (χ0v) is 9.81. The van der Waals surface area contributed by atoms with Crippen molar-refractivity contribution in [3.05, 3.63) is 30.5 Å². The molecule has 0 aliphatic carbocycles. The van der Waals surface area contributed by atoms with Gasteiger partial charge in [-0.2, -0.15) is 4.98 Å². The Hall–Kier alpha value is -1.89. The number of aromatic nitrogens is 3. The Kier molecular flexibility index (Phi) is 3.71. The summed E-state index contributed by atoms with van der Waals surface area (Å²) < 4.78 is 9.92. The highest BCUT2D eigenvalue weighted by molar-refractivity contribution is 7.99. The quantitative estimate of drug-likeness (QED) is 0.605. The van der Waals surface area contributed by atoms with E-state index in [0.717, 1.165) is 0 Å². The molecule has 0 unspecified atom stereocenters. The topological polar surface area (TPSA) is 78.1 Å². The van der Waals surface area contributed by atoms with E-state index in [0.29, 0.717) is 16.9 Å². The van der Waals surface area contributed by atoms with Crippen molar-refractivity contribution in [3.8, 4) is 0 Å². The van der Waals surface area contributed by atoms with Gasteiger partial charge in [-0.15, -0.1) is 0 Å². The van der Waals surface area contributed by atoms with E-state index in [1.54, 1.807) is 19.2 Å². The molecular formula is C10H9N3O3S. The van der Waals surface area contributed by atoms with Gasteiger partial charge in [0, 0.05) is 6.20 Å². The second kappa shape index (κ2) is 5.44. The van der Waals surface area contributed by atoms with Crippen molar-refractivity contribution in [1.29, 1.82) is 0 Å². The minimum absolute atomic E-state index is 0.156. The number of hydrogen-bond donors (Lipinski definition) is 0. The van der Waals surface area contributed by atoms with E-state index < -0.39 is 5.97 Å². The normalized spacial score (nSPS) is 10.2. The van der Waals surface area contributed by atoms with Gasteiger partial charge in [0.2, 0.25) is 0 Å². The molecule has 0 radical (unpaired) electrons.